The molecule has 128 valence electrons. The molecule has 0 aliphatic rings. The highest BCUT2D eigenvalue weighted by Crippen LogP contribution is 2.21. The summed E-state index contributed by atoms with van der Waals surface area (Å²) in [5.41, 5.74) is 2.01. The zero-order chi connectivity index (χ0) is 18.0. The first-order chi connectivity index (χ1) is 12.0. The van der Waals surface area contributed by atoms with Crippen molar-refractivity contribution in [2.45, 2.75) is 6.92 Å². The maximum atomic E-state index is 12.6. The zero-order valence-electron chi connectivity index (χ0n) is 13.8. The standard InChI is InChI=1S/C15H15N7O3/c1-9-12(13(15(24)25-3)18-21(9)2)17-14(23)10-5-4-6-11(7-10)22-8-16-19-20-22/h4-8H,1-3H3,(H,17,23). The van der Waals surface area contributed by atoms with Gasteiger partial charge in [0.15, 0.2) is 5.69 Å². The van der Waals surface area contributed by atoms with Gasteiger partial charge in [-0.1, -0.05) is 6.07 Å². The van der Waals surface area contributed by atoms with Gasteiger partial charge in [0.05, 0.1) is 24.2 Å². The number of aryl methyl sites for hydroxylation is 1. The topological polar surface area (TPSA) is 117 Å². The second kappa shape index (κ2) is 6.51. The van der Waals surface area contributed by atoms with Crippen LogP contribution in [0.1, 0.15) is 26.5 Å². The number of aromatic nitrogens is 6. The van der Waals surface area contributed by atoms with Crippen molar-refractivity contribution in [2.75, 3.05) is 12.4 Å². The van der Waals surface area contributed by atoms with E-state index in [1.807, 2.05) is 0 Å². The quantitative estimate of drug-likeness (QED) is 0.696. The molecule has 0 bridgehead atoms. The van der Waals surface area contributed by atoms with Crippen molar-refractivity contribution in [3.63, 3.8) is 0 Å². The van der Waals surface area contributed by atoms with E-state index in [0.29, 0.717) is 22.6 Å². The number of tetrazole rings is 1. The molecule has 1 N–H and O–H groups in total. The molecule has 0 fully saturated rings. The van der Waals surface area contributed by atoms with Crippen LogP contribution in [0.4, 0.5) is 5.69 Å². The van der Waals surface area contributed by atoms with Gasteiger partial charge in [-0.15, -0.1) is 5.10 Å². The van der Waals surface area contributed by atoms with Crippen LogP contribution in [-0.2, 0) is 11.8 Å². The Morgan fingerprint density at radius 3 is 2.76 bits per heavy atom. The molecule has 2 aromatic heterocycles. The molecular weight excluding hydrogens is 326 g/mol. The number of rotatable bonds is 4. The molecule has 10 heteroatoms. The Hall–Kier alpha value is -3.56. The van der Waals surface area contributed by atoms with Gasteiger partial charge in [0, 0.05) is 12.6 Å². The number of carbonyl (C=O) groups excluding carboxylic acids is 2. The van der Waals surface area contributed by atoms with Crippen molar-refractivity contribution in [1.82, 2.24) is 30.0 Å². The number of methoxy groups -OCH3 is 1. The third kappa shape index (κ3) is 3.09. The minimum atomic E-state index is -0.624. The number of nitrogens with one attached hydrogen (secondary N) is 1. The molecule has 3 rings (SSSR count). The number of anilines is 1. The van der Waals surface area contributed by atoms with Gasteiger partial charge < -0.3 is 10.1 Å². The Kier molecular flexibility index (Phi) is 4.25. The van der Waals surface area contributed by atoms with E-state index in [-0.39, 0.29) is 5.69 Å². The molecule has 2 heterocycles. The normalized spacial score (nSPS) is 10.5. The van der Waals surface area contributed by atoms with Crippen molar-refractivity contribution < 1.29 is 14.3 Å². The first-order valence-electron chi connectivity index (χ1n) is 7.28. The fourth-order valence-corrected chi connectivity index (χ4v) is 2.25. The number of amides is 1. The molecule has 0 saturated heterocycles. The van der Waals surface area contributed by atoms with Crippen molar-refractivity contribution >= 4 is 17.6 Å². The lowest BCUT2D eigenvalue weighted by molar-refractivity contribution is 0.0594. The van der Waals surface area contributed by atoms with Gasteiger partial charge in [-0.25, -0.2) is 9.48 Å². The first kappa shape index (κ1) is 16.3. The SMILES string of the molecule is COC(=O)c1nn(C)c(C)c1NC(=O)c1cccc(-n2cnnn2)c1. The van der Waals surface area contributed by atoms with Crippen LogP contribution in [0.2, 0.25) is 0 Å². The van der Waals surface area contributed by atoms with Crippen LogP contribution in [0.15, 0.2) is 30.6 Å². The summed E-state index contributed by atoms with van der Waals surface area (Å²) in [4.78, 5) is 24.5. The molecule has 10 nitrogen and oxygen atoms in total. The summed E-state index contributed by atoms with van der Waals surface area (Å²) in [7, 11) is 2.93. The van der Waals surface area contributed by atoms with Crippen LogP contribution >= 0.6 is 0 Å². The van der Waals surface area contributed by atoms with Crippen LogP contribution in [0.3, 0.4) is 0 Å². The van der Waals surface area contributed by atoms with Crippen LogP contribution in [-0.4, -0.2) is 49.0 Å². The molecule has 1 amide bonds. The molecule has 0 aliphatic heterocycles. The number of esters is 1. The summed E-state index contributed by atoms with van der Waals surface area (Å²) in [5.74, 6) is -1.02. The lowest BCUT2D eigenvalue weighted by Gasteiger charge is -2.07. The Morgan fingerprint density at radius 2 is 2.08 bits per heavy atom. The smallest absolute Gasteiger partial charge is 0.360 e. The van der Waals surface area contributed by atoms with Crippen LogP contribution < -0.4 is 5.32 Å². The summed E-state index contributed by atoms with van der Waals surface area (Å²) >= 11 is 0. The third-order valence-electron chi connectivity index (χ3n) is 3.67. The van der Waals surface area contributed by atoms with E-state index in [4.69, 9.17) is 4.74 Å². The molecule has 3 aromatic rings. The zero-order valence-corrected chi connectivity index (χ0v) is 13.8. The monoisotopic (exact) mass is 341 g/mol. The van der Waals surface area contributed by atoms with Gasteiger partial charge in [-0.3, -0.25) is 9.48 Å². The van der Waals surface area contributed by atoms with Crippen LogP contribution in [0.25, 0.3) is 5.69 Å². The van der Waals surface area contributed by atoms with E-state index in [2.05, 4.69) is 25.9 Å². The molecule has 0 radical (unpaired) electrons. The Bertz CT molecular complexity index is 931. The second-order valence-electron chi connectivity index (χ2n) is 5.18. The van der Waals surface area contributed by atoms with Gasteiger partial charge in [0.25, 0.3) is 5.91 Å². The molecule has 0 spiro atoms. The van der Waals surface area contributed by atoms with Crippen molar-refractivity contribution in [3.8, 4) is 5.69 Å². The summed E-state index contributed by atoms with van der Waals surface area (Å²) in [5, 5.41) is 17.7. The van der Waals surface area contributed by atoms with E-state index in [0.717, 1.165) is 0 Å². The van der Waals surface area contributed by atoms with Crippen molar-refractivity contribution in [3.05, 3.63) is 47.5 Å². The van der Waals surface area contributed by atoms with Gasteiger partial charge in [-0.05, 0) is 35.5 Å². The fourth-order valence-electron chi connectivity index (χ4n) is 2.25. The number of hydrogen-bond donors (Lipinski definition) is 1. The minimum Gasteiger partial charge on any atom is -0.464 e. The number of benzene rings is 1. The second-order valence-corrected chi connectivity index (χ2v) is 5.18. The van der Waals surface area contributed by atoms with E-state index in [1.165, 1.54) is 22.8 Å². The third-order valence-corrected chi connectivity index (χ3v) is 3.67. The lowest BCUT2D eigenvalue weighted by atomic mass is 10.1. The van der Waals surface area contributed by atoms with Crippen LogP contribution in [0.5, 0.6) is 0 Å². The average Bonchev–Trinajstić information content (AvgIpc) is 3.25. The van der Waals surface area contributed by atoms with E-state index in [1.54, 1.807) is 38.2 Å². The van der Waals surface area contributed by atoms with Gasteiger partial charge in [-0.2, -0.15) is 5.10 Å². The lowest BCUT2D eigenvalue weighted by Crippen LogP contribution is -2.15. The molecule has 1 aromatic carbocycles. The highest BCUT2D eigenvalue weighted by Gasteiger charge is 2.22. The Balaban J connectivity index is 1.91. The molecule has 0 saturated carbocycles. The minimum absolute atomic E-state index is 0.0486. The number of hydrogen-bond acceptors (Lipinski definition) is 7. The maximum absolute atomic E-state index is 12.6. The maximum Gasteiger partial charge on any atom is 0.360 e. The highest BCUT2D eigenvalue weighted by molar-refractivity contribution is 6.08. The summed E-state index contributed by atoms with van der Waals surface area (Å²) in [6.07, 6.45) is 1.43. The Labute approximate surface area is 142 Å². The van der Waals surface area contributed by atoms with Crippen molar-refractivity contribution in [2.24, 2.45) is 7.05 Å². The van der Waals surface area contributed by atoms with E-state index < -0.39 is 11.9 Å². The molecule has 0 unspecified atom stereocenters. The predicted octanol–water partition coefficient (Wildman–Crippen LogP) is 0.743. The fraction of sp³-hybridized carbons (Fsp3) is 0.200. The van der Waals surface area contributed by atoms with Crippen molar-refractivity contribution in [1.29, 1.82) is 0 Å². The van der Waals surface area contributed by atoms with E-state index in [9.17, 15) is 9.59 Å². The summed E-state index contributed by atoms with van der Waals surface area (Å²) in [6.45, 7) is 1.74. The van der Waals surface area contributed by atoms with Crippen LogP contribution in [0, 0.1) is 6.92 Å². The molecular formula is C15H15N7O3. The molecule has 0 aliphatic carbocycles. The highest BCUT2D eigenvalue weighted by atomic mass is 16.5. The molecule has 0 atom stereocenters. The first-order valence-corrected chi connectivity index (χ1v) is 7.28. The van der Waals surface area contributed by atoms with Gasteiger partial charge >= 0.3 is 5.97 Å². The summed E-state index contributed by atoms with van der Waals surface area (Å²) in [6, 6.07) is 6.76. The molecule has 25 heavy (non-hydrogen) atoms. The van der Waals surface area contributed by atoms with Gasteiger partial charge in [0.1, 0.15) is 6.33 Å². The Morgan fingerprint density at radius 1 is 1.28 bits per heavy atom. The number of carbonyl (C=O) groups is 2. The largest absolute Gasteiger partial charge is 0.464 e. The number of nitrogens with zero attached hydrogens (tertiary/aromatic N) is 6. The average molecular weight is 341 g/mol. The van der Waals surface area contributed by atoms with E-state index >= 15 is 0 Å². The van der Waals surface area contributed by atoms with Gasteiger partial charge in [0.2, 0.25) is 0 Å². The number of ether oxygens (including phenoxy) is 1. The predicted molar refractivity (Wildman–Crippen MR) is 86.4 cm³/mol. The summed E-state index contributed by atoms with van der Waals surface area (Å²) < 4.78 is 7.64.